The van der Waals surface area contributed by atoms with Crippen molar-refractivity contribution in [3.63, 3.8) is 0 Å². The van der Waals surface area contributed by atoms with Crippen molar-refractivity contribution in [1.29, 1.82) is 0 Å². The van der Waals surface area contributed by atoms with Crippen molar-refractivity contribution >= 4 is 10.0 Å². The zero-order valence-corrected chi connectivity index (χ0v) is 13.0. The van der Waals surface area contributed by atoms with Crippen LogP contribution in [0.1, 0.15) is 29.2 Å². The summed E-state index contributed by atoms with van der Waals surface area (Å²) in [6, 6.07) is 7.14. The summed E-state index contributed by atoms with van der Waals surface area (Å²) in [6.45, 7) is 4.90. The highest BCUT2D eigenvalue weighted by Crippen LogP contribution is 2.32. The van der Waals surface area contributed by atoms with E-state index in [1.807, 2.05) is 26.0 Å². The van der Waals surface area contributed by atoms with Gasteiger partial charge >= 0.3 is 0 Å². The number of H-pyrrole nitrogens is 1. The summed E-state index contributed by atoms with van der Waals surface area (Å²) in [5, 5.41) is 7.03. The number of sulfonamides is 1. The lowest BCUT2D eigenvalue weighted by Gasteiger charge is -2.18. The lowest BCUT2D eigenvalue weighted by molar-refractivity contribution is 0.471. The lowest BCUT2D eigenvalue weighted by Crippen LogP contribution is -2.29. The van der Waals surface area contributed by atoms with Crippen LogP contribution in [0.15, 0.2) is 35.4 Å². The van der Waals surface area contributed by atoms with Gasteiger partial charge in [-0.05, 0) is 37.5 Å². The molecule has 1 aliphatic rings. The Balaban J connectivity index is 1.86. The molecule has 6 heteroatoms. The summed E-state index contributed by atoms with van der Waals surface area (Å²) < 4.78 is 27.1. The molecular weight excluding hydrogens is 286 g/mol. The Morgan fingerprint density at radius 3 is 2.67 bits per heavy atom. The van der Waals surface area contributed by atoms with Crippen LogP contribution in [0.3, 0.4) is 0 Å². The summed E-state index contributed by atoms with van der Waals surface area (Å²) in [5.74, 6) is 0.200. The second kappa shape index (κ2) is 5.27. The molecule has 0 aliphatic carbocycles. The van der Waals surface area contributed by atoms with Crippen LogP contribution in [0, 0.1) is 13.8 Å². The van der Waals surface area contributed by atoms with Gasteiger partial charge in [0.1, 0.15) is 0 Å². The van der Waals surface area contributed by atoms with Gasteiger partial charge in [-0.1, -0.05) is 18.2 Å². The molecule has 0 bridgehead atoms. The van der Waals surface area contributed by atoms with Gasteiger partial charge in [0.25, 0.3) is 0 Å². The molecule has 0 radical (unpaired) electrons. The summed E-state index contributed by atoms with van der Waals surface area (Å²) in [5.41, 5.74) is 2.94. The third kappa shape index (κ3) is 2.49. The maximum Gasteiger partial charge on any atom is 0.243 e. The highest BCUT2D eigenvalue weighted by atomic mass is 32.2. The van der Waals surface area contributed by atoms with Crippen molar-refractivity contribution in [2.24, 2.45) is 0 Å². The summed E-state index contributed by atoms with van der Waals surface area (Å²) in [4.78, 5) is 0.409. The van der Waals surface area contributed by atoms with Crippen molar-refractivity contribution < 1.29 is 8.42 Å². The zero-order valence-electron chi connectivity index (χ0n) is 12.2. The predicted molar refractivity (Wildman–Crippen MR) is 80.6 cm³/mol. The number of aromatic amines is 1. The van der Waals surface area contributed by atoms with Gasteiger partial charge in [-0.25, -0.2) is 8.42 Å². The third-order valence-electron chi connectivity index (χ3n) is 4.14. The molecule has 1 atom stereocenters. The lowest BCUT2D eigenvalue weighted by atomic mass is 10.0. The van der Waals surface area contributed by atoms with Crippen LogP contribution in [0.2, 0.25) is 0 Å². The molecule has 1 aromatic carbocycles. The number of hydrogen-bond acceptors (Lipinski definition) is 3. The van der Waals surface area contributed by atoms with E-state index in [1.54, 1.807) is 22.6 Å². The summed E-state index contributed by atoms with van der Waals surface area (Å²) >= 11 is 0. The van der Waals surface area contributed by atoms with E-state index in [2.05, 4.69) is 10.2 Å². The molecule has 0 spiro atoms. The zero-order chi connectivity index (χ0) is 15.0. The number of aryl methyl sites for hydroxylation is 2. The first kappa shape index (κ1) is 14.3. The smallest absolute Gasteiger partial charge is 0.243 e. The van der Waals surface area contributed by atoms with Crippen LogP contribution in [0.5, 0.6) is 0 Å². The minimum Gasteiger partial charge on any atom is -0.282 e. The highest BCUT2D eigenvalue weighted by Gasteiger charge is 2.34. The molecule has 1 aliphatic heterocycles. The quantitative estimate of drug-likeness (QED) is 0.945. The molecule has 3 rings (SSSR count). The first-order valence-corrected chi connectivity index (χ1v) is 8.50. The van der Waals surface area contributed by atoms with Crippen LogP contribution < -0.4 is 0 Å². The van der Waals surface area contributed by atoms with Crippen molar-refractivity contribution in [2.75, 3.05) is 13.1 Å². The molecule has 1 N–H and O–H groups in total. The van der Waals surface area contributed by atoms with Crippen LogP contribution in [-0.2, 0) is 10.0 Å². The maximum atomic E-state index is 12.8. The fraction of sp³-hybridized carbons (Fsp3) is 0.400. The van der Waals surface area contributed by atoms with E-state index < -0.39 is 10.0 Å². The Labute approximate surface area is 125 Å². The molecule has 2 heterocycles. The van der Waals surface area contributed by atoms with Gasteiger partial charge in [-0.3, -0.25) is 5.10 Å². The molecule has 5 nitrogen and oxygen atoms in total. The van der Waals surface area contributed by atoms with Crippen molar-refractivity contribution in [3.05, 3.63) is 47.3 Å². The average Bonchev–Trinajstić information content (AvgIpc) is 3.07. The third-order valence-corrected chi connectivity index (χ3v) is 6.16. The molecule has 0 amide bonds. The van der Waals surface area contributed by atoms with Crippen molar-refractivity contribution in [3.8, 4) is 0 Å². The van der Waals surface area contributed by atoms with Crippen molar-refractivity contribution in [2.45, 2.75) is 31.1 Å². The van der Waals surface area contributed by atoms with Crippen LogP contribution >= 0.6 is 0 Å². The van der Waals surface area contributed by atoms with Gasteiger partial charge in [-0.2, -0.15) is 9.40 Å². The molecule has 112 valence electrons. The number of aromatic nitrogens is 2. The fourth-order valence-corrected chi connectivity index (χ4v) is 4.66. The molecule has 0 saturated carbocycles. The molecule has 1 aromatic heterocycles. The number of benzene rings is 1. The van der Waals surface area contributed by atoms with Crippen LogP contribution in [0.4, 0.5) is 0 Å². The Kier molecular flexibility index (Phi) is 3.59. The minimum absolute atomic E-state index is 0.200. The van der Waals surface area contributed by atoms with E-state index in [-0.39, 0.29) is 5.92 Å². The van der Waals surface area contributed by atoms with E-state index in [0.29, 0.717) is 18.0 Å². The van der Waals surface area contributed by atoms with Gasteiger partial charge in [0.2, 0.25) is 10.0 Å². The maximum absolute atomic E-state index is 12.8. The van der Waals surface area contributed by atoms with E-state index >= 15 is 0 Å². The van der Waals surface area contributed by atoms with E-state index in [4.69, 9.17) is 0 Å². The normalized spacial score (nSPS) is 20.0. The van der Waals surface area contributed by atoms with Crippen LogP contribution in [0.25, 0.3) is 0 Å². The van der Waals surface area contributed by atoms with Crippen molar-refractivity contribution in [1.82, 2.24) is 14.5 Å². The number of nitrogens with zero attached hydrogens (tertiary/aromatic N) is 2. The standard InChI is InChI=1S/C15H19N3O2S/c1-11-5-3-4-6-14(11)21(19,20)18-8-7-13(10-18)15-12(2)9-16-17-15/h3-6,9,13H,7-8,10H2,1-2H3,(H,16,17)/t13-/m0/s1. The molecule has 0 unspecified atom stereocenters. The molecular formula is C15H19N3O2S. The fourth-order valence-electron chi connectivity index (χ4n) is 2.94. The average molecular weight is 305 g/mol. The number of rotatable bonds is 3. The van der Waals surface area contributed by atoms with Gasteiger partial charge in [-0.15, -0.1) is 0 Å². The Morgan fingerprint density at radius 1 is 1.24 bits per heavy atom. The number of hydrogen-bond donors (Lipinski definition) is 1. The van der Waals surface area contributed by atoms with E-state index in [9.17, 15) is 8.42 Å². The number of nitrogens with one attached hydrogen (secondary N) is 1. The van der Waals surface area contributed by atoms with Gasteiger partial charge < -0.3 is 0 Å². The first-order chi connectivity index (χ1) is 10.00. The first-order valence-electron chi connectivity index (χ1n) is 7.06. The SMILES string of the molecule is Cc1ccccc1S(=O)(=O)N1CC[C@H](c2[nH]ncc2C)C1. The van der Waals surface area contributed by atoms with E-state index in [1.165, 1.54) is 0 Å². The van der Waals surface area contributed by atoms with Gasteiger partial charge in [0.05, 0.1) is 11.1 Å². The molecule has 2 aromatic rings. The monoisotopic (exact) mass is 305 g/mol. The second-order valence-electron chi connectivity index (χ2n) is 5.58. The summed E-state index contributed by atoms with van der Waals surface area (Å²) in [7, 11) is -3.41. The predicted octanol–water partition coefficient (Wildman–Crippen LogP) is 2.20. The van der Waals surface area contributed by atoms with E-state index in [0.717, 1.165) is 23.2 Å². The second-order valence-corrected chi connectivity index (χ2v) is 7.49. The largest absolute Gasteiger partial charge is 0.282 e. The Morgan fingerprint density at radius 2 is 2.00 bits per heavy atom. The molecule has 1 saturated heterocycles. The van der Waals surface area contributed by atoms with Crippen LogP contribution in [-0.4, -0.2) is 36.0 Å². The molecule has 21 heavy (non-hydrogen) atoms. The Bertz CT molecular complexity index is 752. The molecule has 1 fully saturated rings. The van der Waals surface area contributed by atoms with Gasteiger partial charge in [0, 0.05) is 24.7 Å². The highest BCUT2D eigenvalue weighted by molar-refractivity contribution is 7.89. The topological polar surface area (TPSA) is 66.1 Å². The van der Waals surface area contributed by atoms with Gasteiger partial charge in [0.15, 0.2) is 0 Å². The summed E-state index contributed by atoms with van der Waals surface area (Å²) in [6.07, 6.45) is 2.61. The minimum atomic E-state index is -3.41. The Hall–Kier alpha value is -1.66.